The van der Waals surface area contributed by atoms with E-state index in [1.807, 2.05) is 0 Å². The third kappa shape index (κ3) is 1.97. The molecule has 5 heteroatoms. The first-order valence-electron chi connectivity index (χ1n) is 2.86. The molecule has 0 aliphatic heterocycles. The molecule has 0 heterocycles. The Balaban J connectivity index is 3.37. The van der Waals surface area contributed by atoms with E-state index < -0.39 is 11.1 Å². The first-order valence-corrected chi connectivity index (χ1v) is 4.41. The second kappa shape index (κ2) is 3.73. The van der Waals surface area contributed by atoms with Crippen LogP contribution in [0.5, 0.6) is 0 Å². The summed E-state index contributed by atoms with van der Waals surface area (Å²) in [7, 11) is 0. The molecule has 0 saturated heterocycles. The predicted octanol–water partition coefficient (Wildman–Crippen LogP) is 3.62. The van der Waals surface area contributed by atoms with Gasteiger partial charge in [0.15, 0.2) is 0 Å². The molecule has 1 aromatic carbocycles. The lowest BCUT2D eigenvalue weighted by Crippen LogP contribution is -1.93. The van der Waals surface area contributed by atoms with Gasteiger partial charge in [0.1, 0.15) is 5.82 Å². The molecule has 1 nitrogen and oxygen atoms in total. The van der Waals surface area contributed by atoms with E-state index in [-0.39, 0.29) is 15.1 Å². The van der Waals surface area contributed by atoms with Gasteiger partial charge in [0, 0.05) is 5.02 Å². The SMILES string of the molecule is O=C(Cl)c1cc(Cl)cc(F)c1Br. The fraction of sp³-hybridized carbons (Fsp3) is 0. The molecule has 0 fully saturated rings. The third-order valence-corrected chi connectivity index (χ3v) is 2.43. The highest BCUT2D eigenvalue weighted by Crippen LogP contribution is 2.26. The van der Waals surface area contributed by atoms with Crippen LogP contribution in [-0.2, 0) is 0 Å². The molecule has 0 atom stereocenters. The Bertz CT molecular complexity index is 340. The van der Waals surface area contributed by atoms with E-state index in [1.54, 1.807) is 0 Å². The van der Waals surface area contributed by atoms with Gasteiger partial charge in [0.2, 0.25) is 0 Å². The lowest BCUT2D eigenvalue weighted by atomic mass is 10.2. The van der Waals surface area contributed by atoms with E-state index in [1.165, 1.54) is 6.07 Å². The van der Waals surface area contributed by atoms with Crippen molar-refractivity contribution in [3.63, 3.8) is 0 Å². The zero-order valence-electron chi connectivity index (χ0n) is 5.57. The van der Waals surface area contributed by atoms with Crippen molar-refractivity contribution in [3.05, 3.63) is 33.0 Å². The van der Waals surface area contributed by atoms with Crippen LogP contribution in [0.25, 0.3) is 0 Å². The number of rotatable bonds is 1. The summed E-state index contributed by atoms with van der Waals surface area (Å²) in [6, 6.07) is 2.39. The van der Waals surface area contributed by atoms with Gasteiger partial charge in [-0.2, -0.15) is 0 Å². The Labute approximate surface area is 86.6 Å². The Morgan fingerprint density at radius 3 is 2.58 bits per heavy atom. The van der Waals surface area contributed by atoms with E-state index in [0.29, 0.717) is 0 Å². The van der Waals surface area contributed by atoms with Gasteiger partial charge < -0.3 is 0 Å². The molecular weight excluding hydrogens is 270 g/mol. The summed E-state index contributed by atoms with van der Waals surface area (Å²) in [6.07, 6.45) is 0. The second-order valence-electron chi connectivity index (χ2n) is 2.02. The summed E-state index contributed by atoms with van der Waals surface area (Å²) in [5.74, 6) is -0.605. The predicted molar refractivity (Wildman–Crippen MR) is 49.3 cm³/mol. The average Bonchev–Trinajstić information content (AvgIpc) is 1.96. The van der Waals surface area contributed by atoms with Gasteiger partial charge in [-0.05, 0) is 39.7 Å². The standard InChI is InChI=1S/C7H2BrCl2FO/c8-6-4(7(10)12)1-3(9)2-5(6)11/h1-2H. The van der Waals surface area contributed by atoms with Crippen molar-refractivity contribution in [2.24, 2.45) is 0 Å². The van der Waals surface area contributed by atoms with Crippen molar-refractivity contribution in [3.8, 4) is 0 Å². The largest absolute Gasteiger partial charge is 0.276 e. The first kappa shape index (κ1) is 9.96. The lowest BCUT2D eigenvalue weighted by molar-refractivity contribution is 0.108. The molecule has 64 valence electrons. The molecule has 0 spiro atoms. The van der Waals surface area contributed by atoms with E-state index in [4.69, 9.17) is 23.2 Å². The van der Waals surface area contributed by atoms with Gasteiger partial charge in [0.25, 0.3) is 5.24 Å². The molecule has 0 aliphatic rings. The number of carbonyl (C=O) groups is 1. The van der Waals surface area contributed by atoms with E-state index in [0.717, 1.165) is 6.07 Å². The molecule has 1 rings (SSSR count). The molecule has 0 aliphatic carbocycles. The summed E-state index contributed by atoms with van der Waals surface area (Å²) >= 11 is 13.5. The Morgan fingerprint density at radius 2 is 2.08 bits per heavy atom. The van der Waals surface area contributed by atoms with Gasteiger partial charge >= 0.3 is 0 Å². The highest BCUT2D eigenvalue weighted by molar-refractivity contribution is 9.10. The maximum absolute atomic E-state index is 12.9. The maximum Gasteiger partial charge on any atom is 0.253 e. The highest BCUT2D eigenvalue weighted by atomic mass is 79.9. The van der Waals surface area contributed by atoms with Crippen molar-refractivity contribution < 1.29 is 9.18 Å². The van der Waals surface area contributed by atoms with Crippen molar-refractivity contribution in [2.75, 3.05) is 0 Å². The Morgan fingerprint density at radius 1 is 1.50 bits per heavy atom. The fourth-order valence-corrected chi connectivity index (χ4v) is 1.58. The van der Waals surface area contributed by atoms with Crippen molar-refractivity contribution >= 4 is 44.4 Å². The lowest BCUT2D eigenvalue weighted by Gasteiger charge is -2.00. The minimum atomic E-state index is -0.747. The van der Waals surface area contributed by atoms with Crippen LogP contribution in [-0.4, -0.2) is 5.24 Å². The van der Waals surface area contributed by atoms with Crippen LogP contribution >= 0.6 is 39.1 Å². The van der Waals surface area contributed by atoms with Gasteiger partial charge in [-0.15, -0.1) is 0 Å². The minimum absolute atomic E-state index is 0.0293. The van der Waals surface area contributed by atoms with E-state index in [9.17, 15) is 9.18 Å². The Kier molecular flexibility index (Phi) is 3.09. The smallest absolute Gasteiger partial charge is 0.253 e. The van der Waals surface area contributed by atoms with Crippen LogP contribution in [0.1, 0.15) is 10.4 Å². The second-order valence-corrected chi connectivity index (χ2v) is 3.60. The minimum Gasteiger partial charge on any atom is -0.276 e. The summed E-state index contributed by atoms with van der Waals surface area (Å²) in [5, 5.41) is -0.608. The average molecular weight is 272 g/mol. The zero-order valence-corrected chi connectivity index (χ0v) is 8.67. The van der Waals surface area contributed by atoms with Gasteiger partial charge in [-0.3, -0.25) is 4.79 Å². The first-order chi connectivity index (χ1) is 5.52. The number of halogens is 4. The van der Waals surface area contributed by atoms with E-state index in [2.05, 4.69) is 15.9 Å². The summed E-state index contributed by atoms with van der Waals surface area (Å²) in [4.78, 5) is 10.7. The molecule has 0 amide bonds. The number of hydrogen-bond acceptors (Lipinski definition) is 1. The van der Waals surface area contributed by atoms with E-state index >= 15 is 0 Å². The summed E-state index contributed by atoms with van der Waals surface area (Å²) < 4.78 is 12.9. The summed E-state index contributed by atoms with van der Waals surface area (Å²) in [6.45, 7) is 0. The number of hydrogen-bond donors (Lipinski definition) is 0. The molecule has 0 radical (unpaired) electrons. The molecule has 1 aromatic rings. The molecule has 0 N–H and O–H groups in total. The fourth-order valence-electron chi connectivity index (χ4n) is 0.699. The van der Waals surface area contributed by atoms with Gasteiger partial charge in [-0.1, -0.05) is 11.6 Å². The van der Waals surface area contributed by atoms with Crippen LogP contribution in [0.2, 0.25) is 5.02 Å². The zero-order chi connectivity index (χ0) is 9.30. The van der Waals surface area contributed by atoms with Crippen molar-refractivity contribution in [2.45, 2.75) is 0 Å². The molecule has 0 bridgehead atoms. The van der Waals surface area contributed by atoms with Crippen LogP contribution in [0.3, 0.4) is 0 Å². The number of benzene rings is 1. The van der Waals surface area contributed by atoms with Gasteiger partial charge in [-0.25, -0.2) is 4.39 Å². The van der Waals surface area contributed by atoms with Crippen LogP contribution in [0.4, 0.5) is 4.39 Å². The quantitative estimate of drug-likeness (QED) is 0.563. The normalized spacial score (nSPS) is 10.0. The monoisotopic (exact) mass is 270 g/mol. The topological polar surface area (TPSA) is 17.1 Å². The van der Waals surface area contributed by atoms with Crippen molar-refractivity contribution in [1.29, 1.82) is 0 Å². The maximum atomic E-state index is 12.9. The van der Waals surface area contributed by atoms with Crippen LogP contribution in [0.15, 0.2) is 16.6 Å². The number of carbonyl (C=O) groups excluding carboxylic acids is 1. The molecule has 0 aromatic heterocycles. The molecule has 0 unspecified atom stereocenters. The molecule has 12 heavy (non-hydrogen) atoms. The third-order valence-electron chi connectivity index (χ3n) is 1.20. The van der Waals surface area contributed by atoms with Gasteiger partial charge in [0.05, 0.1) is 10.0 Å². The van der Waals surface area contributed by atoms with Crippen LogP contribution < -0.4 is 0 Å². The Hall–Kier alpha value is -0.120. The van der Waals surface area contributed by atoms with Crippen LogP contribution in [0, 0.1) is 5.82 Å². The highest BCUT2D eigenvalue weighted by Gasteiger charge is 2.12. The summed E-state index contributed by atoms with van der Waals surface area (Å²) in [5.41, 5.74) is 0.0293. The molecule has 0 saturated carbocycles. The molecular formula is C7H2BrCl2FO. The van der Waals surface area contributed by atoms with Crippen molar-refractivity contribution in [1.82, 2.24) is 0 Å².